The van der Waals surface area contributed by atoms with Crippen molar-refractivity contribution in [2.45, 2.75) is 181 Å². The molecule has 0 aliphatic carbocycles. The Bertz CT molecular complexity index is 1130. The van der Waals surface area contributed by atoms with Crippen molar-refractivity contribution in [3.8, 4) is 0 Å². The highest BCUT2D eigenvalue weighted by Gasteiger charge is 2.05. The van der Waals surface area contributed by atoms with Gasteiger partial charge in [-0.1, -0.05) is 82.7 Å². The first kappa shape index (κ1) is 75.6. The Morgan fingerprint density at radius 3 is 1.15 bits per heavy atom. The summed E-state index contributed by atoms with van der Waals surface area (Å²) >= 11 is 0. The maximum atomic E-state index is 10.2. The molecule has 7 atom stereocenters. The molecule has 0 aliphatic rings. The number of carbonyl (C=O) groups excluding carboxylic acids is 3. The van der Waals surface area contributed by atoms with Crippen molar-refractivity contribution < 1.29 is 100 Å². The second kappa shape index (κ2) is 59.2. The van der Waals surface area contributed by atoms with E-state index in [2.05, 4.69) is 59.2 Å². The van der Waals surface area contributed by atoms with Crippen molar-refractivity contribution in [1.82, 2.24) is 0 Å². The number of ether oxygens (including phenoxy) is 3. The number of aliphatic hydroxyl groups excluding tert-OH is 14. The third-order valence-corrected chi connectivity index (χ3v) is 8.24. The quantitative estimate of drug-likeness (QED) is 0.0313. The van der Waals surface area contributed by atoms with Crippen LogP contribution in [0, 0.1) is 6.92 Å². The molecule has 1 aromatic carbocycles. The minimum absolute atomic E-state index is 0.0645. The van der Waals surface area contributed by atoms with Crippen LogP contribution < -0.4 is 0 Å². The van der Waals surface area contributed by atoms with Crippen LogP contribution in [-0.4, -0.2) is 198 Å². The van der Waals surface area contributed by atoms with E-state index in [4.69, 9.17) is 66.4 Å². The minimum atomic E-state index is -0.950. The van der Waals surface area contributed by atoms with Crippen LogP contribution in [0.5, 0.6) is 0 Å². The van der Waals surface area contributed by atoms with Crippen molar-refractivity contribution in [2.75, 3.05) is 66.1 Å². The molecule has 0 radical (unpaired) electrons. The van der Waals surface area contributed by atoms with Gasteiger partial charge in [-0.15, -0.1) is 0 Å². The van der Waals surface area contributed by atoms with Crippen LogP contribution in [0.3, 0.4) is 0 Å². The Morgan fingerprint density at radius 2 is 0.806 bits per heavy atom. The molecular formula is C47H94O20. The number of hydrogen-bond acceptors (Lipinski definition) is 20. The Labute approximate surface area is 399 Å². The van der Waals surface area contributed by atoms with E-state index in [9.17, 15) is 19.5 Å². The van der Waals surface area contributed by atoms with Gasteiger partial charge in [0.2, 0.25) is 0 Å². The first-order chi connectivity index (χ1) is 31.6. The van der Waals surface area contributed by atoms with Crippen LogP contribution in [0.15, 0.2) is 24.3 Å². The predicted molar refractivity (Wildman–Crippen MR) is 253 cm³/mol. The normalized spacial score (nSPS) is 13.1. The number of carbonyl (C=O) groups is 3. The second-order valence-corrected chi connectivity index (χ2v) is 15.2. The number of unbranched alkanes of at least 4 members (excludes halogenated alkanes) is 2. The average molecular weight is 979 g/mol. The van der Waals surface area contributed by atoms with E-state index in [0.29, 0.717) is 32.3 Å². The van der Waals surface area contributed by atoms with Gasteiger partial charge in [-0.2, -0.15) is 0 Å². The van der Waals surface area contributed by atoms with E-state index in [1.807, 2.05) is 6.92 Å². The fourth-order valence-electron chi connectivity index (χ4n) is 4.19. The van der Waals surface area contributed by atoms with E-state index in [0.717, 1.165) is 57.8 Å². The highest BCUT2D eigenvalue weighted by Crippen LogP contribution is 2.09. The van der Waals surface area contributed by atoms with Crippen molar-refractivity contribution in [2.24, 2.45) is 0 Å². The van der Waals surface area contributed by atoms with Gasteiger partial charge in [0, 0.05) is 33.8 Å². The van der Waals surface area contributed by atoms with Crippen LogP contribution in [0.1, 0.15) is 136 Å². The Balaban J connectivity index is -0.000000164. The summed E-state index contributed by atoms with van der Waals surface area (Å²) in [6, 6.07) is 8.32. The second-order valence-electron chi connectivity index (χ2n) is 15.2. The van der Waals surface area contributed by atoms with Crippen LogP contribution in [0.2, 0.25) is 0 Å². The lowest BCUT2D eigenvalue weighted by Crippen LogP contribution is -2.20. The molecular weight excluding hydrogens is 884 g/mol. The number of rotatable bonds is 28. The standard InChI is InChI=1S/C12H18O2.C7H14O4.C6H12O4.2C6H14O2.C5H10O4.C5H12O2/c1-10-2-4-11(5-3-10)6-7-12(14)8-9-13;1-6(9)11-4-2-3-7(10)5-8;1-5(8)10-3-2-6(9)4-7;2*1-2-3-4-6(8)5-7;1-4(7)9-3-5(8)2-6;1-2-3-5(7)4-6/h2-5,12-14H,6-9H2,1H3;7-8,10H,2-5H2,1H3;6-7,9H,2-4H2,1H3;2*6-8H,2-5H2,1H3;5-6,8H,2-3H2,1H3;5-7H,2-4H2,1H3. The third-order valence-electron chi connectivity index (χ3n) is 8.24. The topological polar surface area (TPSA) is 362 Å². The predicted octanol–water partition coefficient (Wildman–Crippen LogP) is 0.749. The third kappa shape index (κ3) is 74.8. The fraction of sp³-hybridized carbons (Fsp3) is 0.809. The van der Waals surface area contributed by atoms with Gasteiger partial charge >= 0.3 is 17.9 Å². The largest absolute Gasteiger partial charge is 0.466 e. The summed E-state index contributed by atoms with van der Waals surface area (Å²) < 4.78 is 13.5. The maximum absolute atomic E-state index is 10.2. The number of esters is 3. The minimum Gasteiger partial charge on any atom is -0.466 e. The summed E-state index contributed by atoms with van der Waals surface area (Å²) in [5.41, 5.74) is 2.50. The molecule has 0 saturated carbocycles. The summed E-state index contributed by atoms with van der Waals surface area (Å²) in [5, 5.41) is 120. The molecule has 20 nitrogen and oxygen atoms in total. The van der Waals surface area contributed by atoms with Crippen LogP contribution >= 0.6 is 0 Å². The summed E-state index contributed by atoms with van der Waals surface area (Å²) in [6.07, 6.45) is 6.41. The maximum Gasteiger partial charge on any atom is 0.302 e. The summed E-state index contributed by atoms with van der Waals surface area (Å²) in [4.78, 5) is 30.4. The van der Waals surface area contributed by atoms with Gasteiger partial charge in [-0.25, -0.2) is 0 Å². The van der Waals surface area contributed by atoms with Gasteiger partial charge < -0.3 is 85.7 Å². The van der Waals surface area contributed by atoms with E-state index >= 15 is 0 Å². The summed E-state index contributed by atoms with van der Waals surface area (Å²) in [5.74, 6) is -1.14. The van der Waals surface area contributed by atoms with E-state index in [1.165, 1.54) is 31.9 Å². The van der Waals surface area contributed by atoms with Gasteiger partial charge in [-0.3, -0.25) is 14.4 Å². The molecule has 14 N–H and O–H groups in total. The van der Waals surface area contributed by atoms with E-state index < -0.39 is 42.6 Å². The molecule has 1 aromatic rings. The zero-order valence-electron chi connectivity index (χ0n) is 41.5. The van der Waals surface area contributed by atoms with Gasteiger partial charge in [0.1, 0.15) is 12.7 Å². The monoisotopic (exact) mass is 979 g/mol. The molecule has 402 valence electrons. The first-order valence-corrected chi connectivity index (χ1v) is 23.1. The lowest BCUT2D eigenvalue weighted by atomic mass is 10.0. The molecule has 7 unspecified atom stereocenters. The zero-order valence-corrected chi connectivity index (χ0v) is 41.5. The van der Waals surface area contributed by atoms with Crippen LogP contribution in [0.25, 0.3) is 0 Å². The SMILES string of the molecule is CC(=O)OCC(O)CO.CC(=O)OCCC(O)CO.CC(=O)OCCCC(O)CO.CCCC(O)CO.CCCCC(O)CO.CCCCC(O)CO.Cc1ccc(CCC(O)CCO)cc1. The molecule has 0 heterocycles. The fourth-order valence-corrected chi connectivity index (χ4v) is 4.19. The van der Waals surface area contributed by atoms with Crippen molar-refractivity contribution in [3.63, 3.8) is 0 Å². The van der Waals surface area contributed by atoms with Gasteiger partial charge in [0.25, 0.3) is 0 Å². The van der Waals surface area contributed by atoms with Crippen LogP contribution in [0.4, 0.5) is 0 Å². The molecule has 0 saturated heterocycles. The molecule has 0 aromatic heterocycles. The number of aliphatic hydroxyl groups is 14. The lowest BCUT2D eigenvalue weighted by molar-refractivity contribution is -0.144. The molecule has 20 heteroatoms. The van der Waals surface area contributed by atoms with E-state index in [1.54, 1.807) is 0 Å². The summed E-state index contributed by atoms with van der Waals surface area (Å²) in [6.45, 7) is 11.2. The van der Waals surface area contributed by atoms with Crippen molar-refractivity contribution >= 4 is 17.9 Å². The van der Waals surface area contributed by atoms with Gasteiger partial charge in [-0.05, 0) is 63.9 Å². The van der Waals surface area contributed by atoms with Gasteiger partial charge in [0.05, 0.1) is 89.5 Å². The molecule has 1 rings (SSSR count). The zero-order chi connectivity index (χ0) is 52.8. The molecule has 0 bridgehead atoms. The molecule has 0 amide bonds. The Kier molecular flexibility index (Phi) is 66.8. The van der Waals surface area contributed by atoms with Crippen molar-refractivity contribution in [3.05, 3.63) is 35.4 Å². The van der Waals surface area contributed by atoms with Crippen molar-refractivity contribution in [1.29, 1.82) is 0 Å². The Morgan fingerprint density at radius 1 is 0.433 bits per heavy atom. The average Bonchev–Trinajstić information content (AvgIpc) is 3.31. The number of hydrogen-bond donors (Lipinski definition) is 14. The Hall–Kier alpha value is -2.93. The first-order valence-electron chi connectivity index (χ1n) is 23.1. The molecule has 0 spiro atoms. The molecule has 67 heavy (non-hydrogen) atoms. The van der Waals surface area contributed by atoms with E-state index in [-0.39, 0.29) is 83.9 Å². The van der Waals surface area contributed by atoms with Crippen LogP contribution in [-0.2, 0) is 35.0 Å². The smallest absolute Gasteiger partial charge is 0.302 e. The molecule has 0 aliphatic heterocycles. The highest BCUT2D eigenvalue weighted by molar-refractivity contribution is 5.66. The highest BCUT2D eigenvalue weighted by atomic mass is 16.5. The molecule has 0 fully saturated rings. The number of benzene rings is 1. The lowest BCUT2D eigenvalue weighted by Gasteiger charge is -2.08. The summed E-state index contributed by atoms with van der Waals surface area (Å²) in [7, 11) is 0. The van der Waals surface area contributed by atoms with Gasteiger partial charge in [0.15, 0.2) is 0 Å². The number of aryl methyl sites for hydroxylation is 2.